The first kappa shape index (κ1) is 15.0. The van der Waals surface area contributed by atoms with E-state index in [4.69, 9.17) is 15.9 Å². The number of amides is 1. The Labute approximate surface area is 121 Å². The summed E-state index contributed by atoms with van der Waals surface area (Å²) in [6, 6.07) is 9.75. The molecule has 0 saturated carbocycles. The number of nitrogens with two attached hydrogens (primary N) is 1. The van der Waals surface area contributed by atoms with Gasteiger partial charge in [0.05, 0.1) is 11.3 Å². The van der Waals surface area contributed by atoms with Gasteiger partial charge in [0.25, 0.3) is 5.91 Å². The van der Waals surface area contributed by atoms with Gasteiger partial charge in [-0.25, -0.2) is 0 Å². The standard InChI is InChI=1S/C14H17N3O4/c15-13(19)8-3-1-2-4-9(8)16-7-12(18)10-5-6-11(17-10)14(20)21/h1-6,12,14,16-18,20-21H,7H2,(H2,15,19). The van der Waals surface area contributed by atoms with Crippen LogP contribution in [0.3, 0.4) is 0 Å². The third kappa shape index (κ3) is 3.60. The van der Waals surface area contributed by atoms with Gasteiger partial charge < -0.3 is 31.4 Å². The number of H-pyrrole nitrogens is 1. The van der Waals surface area contributed by atoms with E-state index in [1.54, 1.807) is 30.3 Å². The van der Waals surface area contributed by atoms with Crippen LogP contribution in [0.2, 0.25) is 0 Å². The molecule has 1 aromatic carbocycles. The summed E-state index contributed by atoms with van der Waals surface area (Å²) in [4.78, 5) is 14.0. The summed E-state index contributed by atoms with van der Waals surface area (Å²) in [5, 5.41) is 31.0. The Kier molecular flexibility index (Phi) is 4.59. The van der Waals surface area contributed by atoms with Crippen molar-refractivity contribution in [1.82, 2.24) is 4.98 Å². The number of carbonyl (C=O) groups excluding carboxylic acids is 1. The summed E-state index contributed by atoms with van der Waals surface area (Å²) >= 11 is 0. The minimum Gasteiger partial charge on any atom is -0.385 e. The number of hydrogen-bond donors (Lipinski definition) is 6. The Morgan fingerprint density at radius 1 is 1.14 bits per heavy atom. The molecule has 1 aromatic heterocycles. The third-order valence-corrected chi connectivity index (χ3v) is 3.05. The summed E-state index contributed by atoms with van der Waals surface area (Å²) in [5.74, 6) is -0.557. The number of carbonyl (C=O) groups is 1. The third-order valence-electron chi connectivity index (χ3n) is 3.05. The molecule has 21 heavy (non-hydrogen) atoms. The highest BCUT2D eigenvalue weighted by atomic mass is 16.5. The highest BCUT2D eigenvalue weighted by Gasteiger charge is 2.14. The number of hydrogen-bond acceptors (Lipinski definition) is 5. The molecule has 1 heterocycles. The molecule has 1 unspecified atom stereocenters. The van der Waals surface area contributed by atoms with Crippen molar-refractivity contribution in [3.8, 4) is 0 Å². The lowest BCUT2D eigenvalue weighted by molar-refractivity contribution is -0.0456. The van der Waals surface area contributed by atoms with Crippen molar-refractivity contribution in [3.63, 3.8) is 0 Å². The van der Waals surface area contributed by atoms with E-state index in [9.17, 15) is 9.90 Å². The van der Waals surface area contributed by atoms with Crippen LogP contribution in [-0.2, 0) is 0 Å². The van der Waals surface area contributed by atoms with Crippen LogP contribution in [0.25, 0.3) is 0 Å². The van der Waals surface area contributed by atoms with E-state index < -0.39 is 18.3 Å². The van der Waals surface area contributed by atoms with Crippen LogP contribution in [0, 0.1) is 0 Å². The van der Waals surface area contributed by atoms with Gasteiger partial charge in [-0.1, -0.05) is 12.1 Å². The summed E-state index contributed by atoms with van der Waals surface area (Å²) in [6.07, 6.45) is -2.52. The number of benzene rings is 1. The largest absolute Gasteiger partial charge is 0.385 e. The van der Waals surface area contributed by atoms with E-state index in [2.05, 4.69) is 10.3 Å². The number of aliphatic hydroxyl groups excluding tert-OH is 2. The second kappa shape index (κ2) is 6.40. The molecule has 2 aromatic rings. The zero-order valence-electron chi connectivity index (χ0n) is 11.2. The second-order valence-corrected chi connectivity index (χ2v) is 4.55. The van der Waals surface area contributed by atoms with Crippen LogP contribution in [-0.4, -0.2) is 32.8 Å². The van der Waals surface area contributed by atoms with Crippen LogP contribution >= 0.6 is 0 Å². The fourth-order valence-corrected chi connectivity index (χ4v) is 1.94. The lowest BCUT2D eigenvalue weighted by Gasteiger charge is -2.13. The smallest absolute Gasteiger partial charge is 0.250 e. The zero-order chi connectivity index (χ0) is 15.4. The van der Waals surface area contributed by atoms with Gasteiger partial charge in [0.1, 0.15) is 6.10 Å². The van der Waals surface area contributed by atoms with Crippen molar-refractivity contribution >= 4 is 11.6 Å². The number of aliphatic hydroxyl groups is 3. The molecule has 7 nitrogen and oxygen atoms in total. The molecule has 0 aliphatic heterocycles. The van der Waals surface area contributed by atoms with E-state index in [0.717, 1.165) is 0 Å². The van der Waals surface area contributed by atoms with Crippen LogP contribution < -0.4 is 11.1 Å². The van der Waals surface area contributed by atoms with E-state index in [1.165, 1.54) is 6.07 Å². The molecule has 0 fully saturated rings. The van der Waals surface area contributed by atoms with Gasteiger partial charge in [-0.3, -0.25) is 4.79 Å². The fraction of sp³-hybridized carbons (Fsp3) is 0.214. The monoisotopic (exact) mass is 291 g/mol. The maximum Gasteiger partial charge on any atom is 0.250 e. The number of rotatable bonds is 6. The van der Waals surface area contributed by atoms with Crippen LogP contribution in [0.5, 0.6) is 0 Å². The van der Waals surface area contributed by atoms with E-state index in [-0.39, 0.29) is 12.2 Å². The summed E-state index contributed by atoms with van der Waals surface area (Å²) in [5.41, 5.74) is 6.76. The topological polar surface area (TPSA) is 132 Å². The summed E-state index contributed by atoms with van der Waals surface area (Å²) in [6.45, 7) is 0.131. The molecule has 1 atom stereocenters. The van der Waals surface area contributed by atoms with E-state index >= 15 is 0 Å². The highest BCUT2D eigenvalue weighted by molar-refractivity contribution is 5.98. The molecule has 0 bridgehead atoms. The Hall–Kier alpha value is -2.35. The predicted octanol–water partition coefficient (Wildman–Crippen LogP) is 0.242. The molecule has 2 rings (SSSR count). The van der Waals surface area contributed by atoms with Crippen molar-refractivity contribution in [3.05, 3.63) is 53.3 Å². The normalized spacial score (nSPS) is 12.4. The van der Waals surface area contributed by atoms with Gasteiger partial charge in [0.2, 0.25) is 0 Å². The Morgan fingerprint density at radius 2 is 1.81 bits per heavy atom. The first-order valence-corrected chi connectivity index (χ1v) is 6.34. The predicted molar refractivity (Wildman–Crippen MR) is 76.4 cm³/mol. The van der Waals surface area contributed by atoms with Gasteiger partial charge in [-0.15, -0.1) is 0 Å². The number of aromatic amines is 1. The van der Waals surface area contributed by atoms with Crippen LogP contribution in [0.4, 0.5) is 5.69 Å². The van der Waals surface area contributed by atoms with Crippen LogP contribution in [0.1, 0.15) is 34.1 Å². The van der Waals surface area contributed by atoms with Crippen molar-refractivity contribution in [2.75, 3.05) is 11.9 Å². The molecule has 0 radical (unpaired) electrons. The number of aromatic nitrogens is 1. The minimum absolute atomic E-state index is 0.131. The lowest BCUT2D eigenvalue weighted by Crippen LogP contribution is -2.17. The average Bonchev–Trinajstić information content (AvgIpc) is 2.95. The maximum atomic E-state index is 11.3. The Morgan fingerprint density at radius 3 is 2.43 bits per heavy atom. The van der Waals surface area contributed by atoms with E-state index in [1.807, 2.05) is 0 Å². The van der Waals surface area contributed by atoms with Crippen molar-refractivity contribution in [2.24, 2.45) is 5.73 Å². The van der Waals surface area contributed by atoms with Crippen molar-refractivity contribution < 1.29 is 20.1 Å². The number of primary amides is 1. The zero-order valence-corrected chi connectivity index (χ0v) is 11.2. The summed E-state index contributed by atoms with van der Waals surface area (Å²) in [7, 11) is 0. The number of nitrogens with one attached hydrogen (secondary N) is 2. The maximum absolute atomic E-state index is 11.3. The molecule has 7 heteroatoms. The number of para-hydroxylation sites is 1. The van der Waals surface area contributed by atoms with Crippen LogP contribution in [0.15, 0.2) is 36.4 Å². The van der Waals surface area contributed by atoms with Gasteiger partial charge in [-0.05, 0) is 24.3 Å². The summed E-state index contributed by atoms with van der Waals surface area (Å²) < 4.78 is 0. The molecule has 0 aliphatic rings. The Bertz CT molecular complexity index is 624. The molecule has 0 spiro atoms. The van der Waals surface area contributed by atoms with Gasteiger partial charge in [0.15, 0.2) is 6.29 Å². The molecule has 112 valence electrons. The second-order valence-electron chi connectivity index (χ2n) is 4.55. The highest BCUT2D eigenvalue weighted by Crippen LogP contribution is 2.19. The number of anilines is 1. The van der Waals surface area contributed by atoms with Gasteiger partial charge in [-0.2, -0.15) is 0 Å². The lowest BCUT2D eigenvalue weighted by atomic mass is 10.1. The molecule has 7 N–H and O–H groups in total. The van der Waals surface area contributed by atoms with Gasteiger partial charge in [0, 0.05) is 17.9 Å². The minimum atomic E-state index is -1.62. The van der Waals surface area contributed by atoms with Crippen molar-refractivity contribution in [2.45, 2.75) is 12.4 Å². The molecule has 0 aliphatic carbocycles. The quantitative estimate of drug-likeness (QED) is 0.424. The molecule has 1 amide bonds. The first-order valence-electron chi connectivity index (χ1n) is 6.34. The fourth-order valence-electron chi connectivity index (χ4n) is 1.94. The Balaban J connectivity index is 2.04. The van der Waals surface area contributed by atoms with E-state index in [0.29, 0.717) is 16.9 Å². The first-order chi connectivity index (χ1) is 9.99. The average molecular weight is 291 g/mol. The SMILES string of the molecule is NC(=O)c1ccccc1NCC(O)c1ccc(C(O)O)[nH]1. The molecular formula is C14H17N3O4. The molecular weight excluding hydrogens is 274 g/mol. The van der Waals surface area contributed by atoms with Gasteiger partial charge >= 0.3 is 0 Å². The molecule has 0 saturated heterocycles. The van der Waals surface area contributed by atoms with Crippen molar-refractivity contribution in [1.29, 1.82) is 0 Å².